The van der Waals surface area contributed by atoms with Crippen LogP contribution in [0, 0.1) is 28.6 Å². The highest BCUT2D eigenvalue weighted by Crippen LogP contribution is 2.65. The van der Waals surface area contributed by atoms with E-state index in [0.717, 1.165) is 17.9 Å². The zero-order valence-electron chi connectivity index (χ0n) is 14.7. The molecule has 4 aliphatic rings. The van der Waals surface area contributed by atoms with Gasteiger partial charge in [-0.15, -0.1) is 0 Å². The minimum absolute atomic E-state index is 0.172. The fourth-order valence-corrected chi connectivity index (χ4v) is 5.17. The summed E-state index contributed by atoms with van der Waals surface area (Å²) >= 11 is 0. The SMILES string of the molecule is CC1(C)[C@@H]2C[C@H]3OB(C(N)Cc4ccc(C#N)cc4)O[C@@]3(C)[C@H]1C2. The van der Waals surface area contributed by atoms with Crippen molar-refractivity contribution in [2.75, 3.05) is 0 Å². The number of nitrogens with zero attached hydrogens (tertiary/aromatic N) is 1. The van der Waals surface area contributed by atoms with Crippen LogP contribution in [0.3, 0.4) is 0 Å². The maximum atomic E-state index is 8.89. The van der Waals surface area contributed by atoms with Gasteiger partial charge in [0.1, 0.15) is 0 Å². The summed E-state index contributed by atoms with van der Waals surface area (Å²) in [6.07, 6.45) is 3.20. The van der Waals surface area contributed by atoms with Crippen molar-refractivity contribution >= 4 is 7.12 Å². The minimum Gasteiger partial charge on any atom is -0.404 e. The third kappa shape index (κ3) is 2.24. The Morgan fingerprint density at radius 2 is 2.00 bits per heavy atom. The summed E-state index contributed by atoms with van der Waals surface area (Å²) in [6.45, 7) is 6.94. The third-order valence-corrected chi connectivity index (χ3v) is 6.87. The maximum Gasteiger partial charge on any atom is 0.475 e. The van der Waals surface area contributed by atoms with E-state index in [9.17, 15) is 0 Å². The Kier molecular flexibility index (Phi) is 3.58. The zero-order chi connectivity index (χ0) is 17.1. The number of hydrogen-bond acceptors (Lipinski definition) is 4. The number of nitriles is 1. The van der Waals surface area contributed by atoms with Crippen molar-refractivity contribution < 1.29 is 9.31 Å². The Morgan fingerprint density at radius 3 is 2.62 bits per heavy atom. The second-order valence-corrected chi connectivity index (χ2v) is 8.51. The summed E-state index contributed by atoms with van der Waals surface area (Å²) in [4.78, 5) is 0. The maximum absolute atomic E-state index is 8.89. The molecule has 4 nitrogen and oxygen atoms in total. The lowest BCUT2D eigenvalue weighted by Gasteiger charge is -2.64. The van der Waals surface area contributed by atoms with Crippen molar-refractivity contribution in [1.29, 1.82) is 5.26 Å². The van der Waals surface area contributed by atoms with E-state index in [-0.39, 0.29) is 24.8 Å². The van der Waals surface area contributed by atoms with Crippen LogP contribution in [0.4, 0.5) is 0 Å². The van der Waals surface area contributed by atoms with Gasteiger partial charge >= 0.3 is 7.12 Å². The average molecular weight is 324 g/mol. The molecule has 1 aliphatic heterocycles. The summed E-state index contributed by atoms with van der Waals surface area (Å²) in [6, 6.07) is 9.72. The Hall–Kier alpha value is -1.35. The van der Waals surface area contributed by atoms with Crippen LogP contribution in [0.25, 0.3) is 0 Å². The highest BCUT2D eigenvalue weighted by Gasteiger charge is 2.68. The molecule has 2 N–H and O–H groups in total. The van der Waals surface area contributed by atoms with Gasteiger partial charge in [-0.2, -0.15) is 5.26 Å². The Bertz CT molecular complexity index is 684. The van der Waals surface area contributed by atoms with E-state index in [1.54, 1.807) is 0 Å². The van der Waals surface area contributed by atoms with Crippen LogP contribution in [0.1, 0.15) is 44.7 Å². The normalized spacial score (nSPS) is 37.3. The van der Waals surface area contributed by atoms with Gasteiger partial charge < -0.3 is 15.0 Å². The molecule has 4 fully saturated rings. The van der Waals surface area contributed by atoms with E-state index >= 15 is 0 Å². The van der Waals surface area contributed by atoms with Crippen molar-refractivity contribution in [2.45, 2.75) is 57.7 Å². The average Bonchev–Trinajstić information content (AvgIpc) is 2.92. The second-order valence-electron chi connectivity index (χ2n) is 8.51. The van der Waals surface area contributed by atoms with E-state index in [2.05, 4.69) is 26.8 Å². The molecule has 1 unspecified atom stereocenters. The van der Waals surface area contributed by atoms with Crippen LogP contribution >= 0.6 is 0 Å². The van der Waals surface area contributed by atoms with E-state index < -0.39 is 0 Å². The van der Waals surface area contributed by atoms with Gasteiger partial charge in [0.15, 0.2) is 0 Å². The molecule has 0 aromatic heterocycles. The van der Waals surface area contributed by atoms with Gasteiger partial charge in [0, 0.05) is 5.94 Å². The van der Waals surface area contributed by atoms with Gasteiger partial charge in [-0.05, 0) is 61.1 Å². The molecule has 5 heteroatoms. The molecule has 24 heavy (non-hydrogen) atoms. The first kappa shape index (κ1) is 16.1. The minimum atomic E-state index is -0.342. The fourth-order valence-electron chi connectivity index (χ4n) is 5.17. The molecule has 0 radical (unpaired) electrons. The van der Waals surface area contributed by atoms with E-state index in [1.165, 1.54) is 6.42 Å². The highest BCUT2D eigenvalue weighted by molar-refractivity contribution is 6.47. The van der Waals surface area contributed by atoms with Crippen LogP contribution in [-0.2, 0) is 15.7 Å². The summed E-state index contributed by atoms with van der Waals surface area (Å²) < 4.78 is 12.7. The smallest absolute Gasteiger partial charge is 0.404 e. The molecule has 1 heterocycles. The molecule has 1 aromatic rings. The lowest BCUT2D eigenvalue weighted by molar-refractivity contribution is -0.199. The Labute approximate surface area is 144 Å². The number of rotatable bonds is 3. The molecule has 1 saturated heterocycles. The van der Waals surface area contributed by atoms with Crippen molar-refractivity contribution in [1.82, 2.24) is 0 Å². The van der Waals surface area contributed by atoms with Crippen molar-refractivity contribution in [3.8, 4) is 6.07 Å². The van der Waals surface area contributed by atoms with Gasteiger partial charge in [0.25, 0.3) is 0 Å². The van der Waals surface area contributed by atoms with Crippen molar-refractivity contribution in [2.24, 2.45) is 23.0 Å². The second kappa shape index (κ2) is 5.32. The highest BCUT2D eigenvalue weighted by atomic mass is 16.7. The van der Waals surface area contributed by atoms with Crippen molar-refractivity contribution in [3.05, 3.63) is 35.4 Å². The van der Waals surface area contributed by atoms with E-state index in [0.29, 0.717) is 23.3 Å². The van der Waals surface area contributed by atoms with Crippen LogP contribution in [0.15, 0.2) is 24.3 Å². The first-order valence-electron chi connectivity index (χ1n) is 8.92. The van der Waals surface area contributed by atoms with Gasteiger partial charge in [-0.3, -0.25) is 0 Å². The van der Waals surface area contributed by atoms with Crippen LogP contribution in [0.2, 0.25) is 0 Å². The number of benzene rings is 1. The summed E-state index contributed by atoms with van der Waals surface area (Å²) in [5.41, 5.74) is 8.33. The summed E-state index contributed by atoms with van der Waals surface area (Å²) in [5, 5.41) is 8.89. The van der Waals surface area contributed by atoms with Crippen LogP contribution < -0.4 is 5.73 Å². The van der Waals surface area contributed by atoms with Gasteiger partial charge in [-0.25, -0.2) is 0 Å². The van der Waals surface area contributed by atoms with Gasteiger partial charge in [0.2, 0.25) is 0 Å². The standard InChI is InChI=1S/C19H25BN2O2/c1-18(2)14-9-15(18)19(3)16(10-14)23-20(24-19)17(22)8-12-4-6-13(11-21)7-5-12/h4-7,14-17H,8-10,22H2,1-3H3/t14-,15-,16+,17?,19-/m0/s1. The zero-order valence-corrected chi connectivity index (χ0v) is 14.7. The molecule has 0 spiro atoms. The predicted octanol–water partition coefficient (Wildman–Crippen LogP) is 2.70. The first-order valence-corrected chi connectivity index (χ1v) is 8.92. The molecule has 5 rings (SSSR count). The largest absolute Gasteiger partial charge is 0.475 e. The summed E-state index contributed by atoms with van der Waals surface area (Å²) in [7, 11) is -0.342. The van der Waals surface area contributed by atoms with Crippen LogP contribution in [0.5, 0.6) is 0 Å². The van der Waals surface area contributed by atoms with E-state index in [4.69, 9.17) is 20.3 Å². The van der Waals surface area contributed by atoms with E-state index in [1.807, 2.05) is 24.3 Å². The topological polar surface area (TPSA) is 68.3 Å². The lowest BCUT2D eigenvalue weighted by Crippen LogP contribution is -2.65. The molecule has 3 aliphatic carbocycles. The Morgan fingerprint density at radius 1 is 1.29 bits per heavy atom. The first-order chi connectivity index (χ1) is 11.3. The lowest BCUT2D eigenvalue weighted by atomic mass is 9.43. The molecule has 1 aromatic carbocycles. The quantitative estimate of drug-likeness (QED) is 0.868. The fraction of sp³-hybridized carbons (Fsp3) is 0.632. The number of hydrogen-bond donors (Lipinski definition) is 1. The van der Waals surface area contributed by atoms with Crippen LogP contribution in [-0.4, -0.2) is 24.8 Å². The van der Waals surface area contributed by atoms with Gasteiger partial charge in [-0.1, -0.05) is 26.0 Å². The Balaban J connectivity index is 1.45. The molecule has 0 amide bonds. The molecule has 3 saturated carbocycles. The monoisotopic (exact) mass is 324 g/mol. The third-order valence-electron chi connectivity index (χ3n) is 6.87. The molecular formula is C19H25BN2O2. The summed E-state index contributed by atoms with van der Waals surface area (Å²) in [5.74, 6) is 1.11. The van der Waals surface area contributed by atoms with Crippen molar-refractivity contribution in [3.63, 3.8) is 0 Å². The molecular weight excluding hydrogens is 299 g/mol. The predicted molar refractivity (Wildman–Crippen MR) is 92.9 cm³/mol. The number of nitrogens with two attached hydrogens (primary N) is 1. The molecule has 126 valence electrons. The molecule has 5 atom stereocenters. The van der Waals surface area contributed by atoms with Gasteiger partial charge in [0.05, 0.1) is 23.3 Å². The molecule has 2 bridgehead atoms.